The monoisotopic (exact) mass is 395 g/mol. The smallest absolute Gasteiger partial charge is 0.335 e. The number of carbonyl (C=O) groups excluding carboxylic acids is 1. The summed E-state index contributed by atoms with van der Waals surface area (Å²) >= 11 is 3.34. The van der Waals surface area contributed by atoms with Crippen LogP contribution >= 0.6 is 15.9 Å². The zero-order valence-corrected chi connectivity index (χ0v) is 14.1. The predicted octanol–water partition coefficient (Wildman–Crippen LogP) is 0.559. The average molecular weight is 396 g/mol. The van der Waals surface area contributed by atoms with E-state index in [1.165, 1.54) is 0 Å². The molecule has 10 heteroatoms. The second-order valence-electron chi connectivity index (χ2n) is 4.69. The molecule has 1 aromatic heterocycles. The summed E-state index contributed by atoms with van der Waals surface area (Å²) in [6.07, 6.45) is 1.49. The Hall–Kier alpha value is -2.88. The maximum Gasteiger partial charge on any atom is 0.335 e. The summed E-state index contributed by atoms with van der Waals surface area (Å²) in [5, 5.41) is 13.8. The van der Waals surface area contributed by atoms with Gasteiger partial charge in [-0.05, 0) is 30.2 Å². The minimum Gasteiger partial charge on any atom is -0.493 e. The highest BCUT2D eigenvalue weighted by Gasteiger charge is 2.16. The van der Waals surface area contributed by atoms with E-state index >= 15 is 0 Å². The number of aromatic nitrogens is 2. The van der Waals surface area contributed by atoms with Crippen LogP contribution in [0.1, 0.15) is 18.1 Å². The molecule has 24 heavy (non-hydrogen) atoms. The highest BCUT2D eigenvalue weighted by molar-refractivity contribution is 9.10. The van der Waals surface area contributed by atoms with E-state index in [1.54, 1.807) is 18.2 Å². The van der Waals surface area contributed by atoms with Gasteiger partial charge in [-0.1, -0.05) is 22.9 Å². The van der Waals surface area contributed by atoms with Crippen LogP contribution in [0.15, 0.2) is 37.4 Å². The molecule has 0 spiro atoms. The molecule has 0 saturated heterocycles. The Morgan fingerprint density at radius 2 is 2.21 bits per heavy atom. The number of nitrogens with zero attached hydrogens (tertiary/aromatic N) is 2. The van der Waals surface area contributed by atoms with Crippen molar-refractivity contribution in [2.24, 2.45) is 10.8 Å². The molecule has 2 amide bonds. The van der Waals surface area contributed by atoms with Crippen molar-refractivity contribution < 1.29 is 9.90 Å². The van der Waals surface area contributed by atoms with E-state index < -0.39 is 23.2 Å². The Labute approximate surface area is 143 Å². The summed E-state index contributed by atoms with van der Waals surface area (Å²) < 4.78 is 1.77. The van der Waals surface area contributed by atoms with Crippen LogP contribution < -0.4 is 22.4 Å². The van der Waals surface area contributed by atoms with Gasteiger partial charge in [0.05, 0.1) is 11.9 Å². The quantitative estimate of drug-likeness (QED) is 0.442. The first-order chi connectivity index (χ1) is 11.3. The minimum absolute atomic E-state index is 0.298. The molecule has 1 heterocycles. The molecule has 5 N–H and O–H groups in total. The molecule has 9 nitrogen and oxygen atoms in total. The number of urea groups is 1. The third-order valence-electron chi connectivity index (χ3n) is 3.15. The number of aromatic hydroxyl groups is 1. The first-order valence-electron chi connectivity index (χ1n) is 6.80. The van der Waals surface area contributed by atoms with E-state index in [4.69, 9.17) is 5.73 Å². The Kier molecular flexibility index (Phi) is 5.19. The summed E-state index contributed by atoms with van der Waals surface area (Å²) in [6.45, 7) is 1.89. The predicted molar refractivity (Wildman–Crippen MR) is 91.7 cm³/mol. The summed E-state index contributed by atoms with van der Waals surface area (Å²) in [7, 11) is 0. The number of H-pyrrole nitrogens is 1. The molecule has 2 aromatic rings. The van der Waals surface area contributed by atoms with E-state index in [0.717, 1.165) is 20.8 Å². The summed E-state index contributed by atoms with van der Waals surface area (Å²) in [6, 6.07) is 4.20. The molecule has 1 aromatic carbocycles. The normalized spacial score (nSPS) is 10.9. The number of hydrazone groups is 1. The summed E-state index contributed by atoms with van der Waals surface area (Å²) in [5.74, 6) is -0.601. The van der Waals surface area contributed by atoms with Gasteiger partial charge in [0.2, 0.25) is 5.88 Å². The van der Waals surface area contributed by atoms with E-state index in [0.29, 0.717) is 12.1 Å². The number of benzene rings is 1. The molecule has 0 radical (unpaired) electrons. The van der Waals surface area contributed by atoms with Crippen molar-refractivity contribution in [2.75, 3.05) is 0 Å². The van der Waals surface area contributed by atoms with Crippen LogP contribution in [-0.4, -0.2) is 26.9 Å². The molecular formula is C14H14BrN5O4. The van der Waals surface area contributed by atoms with Crippen molar-refractivity contribution >= 4 is 28.2 Å². The van der Waals surface area contributed by atoms with E-state index in [-0.39, 0.29) is 5.56 Å². The van der Waals surface area contributed by atoms with Crippen molar-refractivity contribution in [1.29, 1.82) is 0 Å². The van der Waals surface area contributed by atoms with Gasteiger partial charge >= 0.3 is 11.7 Å². The standard InChI is InChI=1S/C14H14BrN5O4/c1-2-7-5-8(15)3-4-10(7)20-12(22)9(6-17-19-13(16)23)11(21)18-14(20)24/h3-6,22H,2H2,1H3,(H3,16,19,23)(H,18,21,24). The van der Waals surface area contributed by atoms with Crippen LogP contribution in [0.3, 0.4) is 0 Å². The number of hydrogen-bond acceptors (Lipinski definition) is 5. The number of nitrogens with one attached hydrogen (secondary N) is 2. The summed E-state index contributed by atoms with van der Waals surface area (Å²) in [4.78, 5) is 36.7. The molecule has 126 valence electrons. The third-order valence-corrected chi connectivity index (χ3v) is 3.65. The van der Waals surface area contributed by atoms with Gasteiger partial charge in [-0.2, -0.15) is 5.10 Å². The van der Waals surface area contributed by atoms with Crippen LogP contribution in [-0.2, 0) is 6.42 Å². The number of hydrogen-bond donors (Lipinski definition) is 4. The lowest BCUT2D eigenvalue weighted by atomic mass is 10.1. The number of rotatable bonds is 4. The molecule has 0 aliphatic carbocycles. The van der Waals surface area contributed by atoms with Crippen LogP contribution in [0, 0.1) is 0 Å². The average Bonchev–Trinajstić information content (AvgIpc) is 2.51. The molecule has 0 saturated carbocycles. The molecular weight excluding hydrogens is 382 g/mol. The van der Waals surface area contributed by atoms with Crippen molar-refractivity contribution in [3.63, 3.8) is 0 Å². The molecule has 0 atom stereocenters. The van der Waals surface area contributed by atoms with Crippen LogP contribution in [0.4, 0.5) is 4.79 Å². The van der Waals surface area contributed by atoms with Crippen LogP contribution in [0.5, 0.6) is 5.88 Å². The van der Waals surface area contributed by atoms with Gasteiger partial charge in [0.15, 0.2) is 0 Å². The molecule has 0 unspecified atom stereocenters. The Morgan fingerprint density at radius 3 is 2.83 bits per heavy atom. The second-order valence-corrected chi connectivity index (χ2v) is 5.61. The van der Waals surface area contributed by atoms with Gasteiger partial charge in [0.25, 0.3) is 5.56 Å². The van der Waals surface area contributed by atoms with Crippen molar-refractivity contribution in [2.45, 2.75) is 13.3 Å². The topological polar surface area (TPSA) is 143 Å². The van der Waals surface area contributed by atoms with Gasteiger partial charge in [-0.15, -0.1) is 0 Å². The lowest BCUT2D eigenvalue weighted by Crippen LogP contribution is -2.32. The van der Waals surface area contributed by atoms with E-state index in [9.17, 15) is 19.5 Å². The fourth-order valence-electron chi connectivity index (χ4n) is 2.09. The van der Waals surface area contributed by atoms with Gasteiger partial charge in [0, 0.05) is 4.47 Å². The summed E-state index contributed by atoms with van der Waals surface area (Å²) in [5.41, 5.74) is 6.00. The van der Waals surface area contributed by atoms with Crippen molar-refractivity contribution in [3.05, 3.63) is 54.6 Å². The largest absolute Gasteiger partial charge is 0.493 e. The molecule has 0 aliphatic rings. The number of amides is 2. The molecule has 0 aliphatic heterocycles. The van der Waals surface area contributed by atoms with Gasteiger partial charge in [-0.3, -0.25) is 9.78 Å². The molecule has 2 rings (SSSR count). The number of aryl methyl sites for hydroxylation is 1. The first-order valence-corrected chi connectivity index (χ1v) is 7.60. The fraction of sp³-hybridized carbons (Fsp3) is 0.143. The zero-order chi connectivity index (χ0) is 17.9. The van der Waals surface area contributed by atoms with Crippen LogP contribution in [0.2, 0.25) is 0 Å². The number of primary amides is 1. The Morgan fingerprint density at radius 1 is 1.50 bits per heavy atom. The number of carbonyl (C=O) groups is 1. The SMILES string of the molecule is CCc1cc(Br)ccc1-n1c(O)c(C=NNC(N)=O)c(=O)[nH]c1=O. The maximum absolute atomic E-state index is 12.2. The van der Waals surface area contributed by atoms with Crippen molar-refractivity contribution in [1.82, 2.24) is 15.0 Å². The maximum atomic E-state index is 12.2. The second kappa shape index (κ2) is 7.13. The molecule has 0 bridgehead atoms. The Balaban J connectivity index is 2.68. The molecule has 0 fully saturated rings. The van der Waals surface area contributed by atoms with E-state index in [1.807, 2.05) is 12.3 Å². The number of aromatic amines is 1. The minimum atomic E-state index is -0.934. The van der Waals surface area contributed by atoms with E-state index in [2.05, 4.69) is 26.0 Å². The lowest BCUT2D eigenvalue weighted by molar-refractivity contribution is 0.249. The highest BCUT2D eigenvalue weighted by Crippen LogP contribution is 2.23. The number of halogens is 1. The third kappa shape index (κ3) is 3.54. The lowest BCUT2D eigenvalue weighted by Gasteiger charge is -2.13. The van der Waals surface area contributed by atoms with Crippen molar-refractivity contribution in [3.8, 4) is 11.6 Å². The zero-order valence-electron chi connectivity index (χ0n) is 12.5. The highest BCUT2D eigenvalue weighted by atomic mass is 79.9. The van der Waals surface area contributed by atoms with Gasteiger partial charge < -0.3 is 10.8 Å². The first kappa shape index (κ1) is 17.5. The van der Waals surface area contributed by atoms with Gasteiger partial charge in [-0.25, -0.2) is 19.6 Å². The van der Waals surface area contributed by atoms with Crippen LogP contribution in [0.25, 0.3) is 5.69 Å². The fourth-order valence-corrected chi connectivity index (χ4v) is 2.50. The van der Waals surface area contributed by atoms with Gasteiger partial charge in [0.1, 0.15) is 5.56 Å². The number of nitrogens with two attached hydrogens (primary N) is 1. The Bertz CT molecular complexity index is 932.